The summed E-state index contributed by atoms with van der Waals surface area (Å²) in [6.45, 7) is 0.675. The average Bonchev–Trinajstić information content (AvgIpc) is 3.21. The summed E-state index contributed by atoms with van der Waals surface area (Å²) in [6, 6.07) is 10.4. The van der Waals surface area contributed by atoms with Gasteiger partial charge in [0.15, 0.2) is 5.82 Å². The van der Waals surface area contributed by atoms with Gasteiger partial charge in [-0.05, 0) is 40.6 Å². The third kappa shape index (κ3) is 2.78. The number of fused-ring (bicyclic) bond motifs is 1. The molecule has 0 fully saturated rings. The molecule has 0 bridgehead atoms. The Balaban J connectivity index is 1.53. The van der Waals surface area contributed by atoms with Gasteiger partial charge in [0.2, 0.25) is 5.95 Å². The summed E-state index contributed by atoms with van der Waals surface area (Å²) >= 11 is 1.75. The summed E-state index contributed by atoms with van der Waals surface area (Å²) in [6.07, 6.45) is 3.24. The molecular weight excluding hydrogens is 308 g/mol. The van der Waals surface area contributed by atoms with E-state index in [2.05, 4.69) is 55.0 Å². The first-order valence-corrected chi connectivity index (χ1v) is 8.05. The Kier molecular flexibility index (Phi) is 3.47. The van der Waals surface area contributed by atoms with Crippen LogP contribution < -0.4 is 5.32 Å². The van der Waals surface area contributed by atoms with Gasteiger partial charge >= 0.3 is 0 Å². The van der Waals surface area contributed by atoms with E-state index in [0.717, 1.165) is 11.5 Å². The van der Waals surface area contributed by atoms with Crippen LogP contribution >= 0.6 is 11.3 Å². The molecule has 0 unspecified atom stereocenters. The Bertz CT molecular complexity index is 958. The maximum Gasteiger partial charge on any atom is 0.223 e. The largest absolute Gasteiger partial charge is 0.350 e. The molecule has 0 spiro atoms. The molecule has 3 heterocycles. The molecule has 4 rings (SSSR count). The van der Waals surface area contributed by atoms with E-state index >= 15 is 0 Å². The minimum Gasteiger partial charge on any atom is -0.350 e. The van der Waals surface area contributed by atoms with Crippen molar-refractivity contribution >= 4 is 27.4 Å². The SMILES string of the molecule is Cn1ncnc1-c1ccnc(NCc2ccc3sccc3c2)n1. The van der Waals surface area contributed by atoms with Crippen molar-refractivity contribution < 1.29 is 0 Å². The number of hydrogen-bond donors (Lipinski definition) is 1. The number of aryl methyl sites for hydroxylation is 1. The van der Waals surface area contributed by atoms with Gasteiger partial charge < -0.3 is 5.32 Å². The first kappa shape index (κ1) is 13.8. The van der Waals surface area contributed by atoms with Crippen LogP contribution in [0.1, 0.15) is 5.56 Å². The van der Waals surface area contributed by atoms with Crippen LogP contribution in [0.3, 0.4) is 0 Å². The van der Waals surface area contributed by atoms with Gasteiger partial charge in [0.25, 0.3) is 0 Å². The smallest absolute Gasteiger partial charge is 0.223 e. The van der Waals surface area contributed by atoms with Gasteiger partial charge in [0.05, 0.1) is 0 Å². The zero-order valence-corrected chi connectivity index (χ0v) is 13.3. The van der Waals surface area contributed by atoms with Crippen molar-refractivity contribution in [3.63, 3.8) is 0 Å². The molecule has 0 aliphatic heterocycles. The molecule has 1 N–H and O–H groups in total. The van der Waals surface area contributed by atoms with Crippen LogP contribution in [-0.2, 0) is 13.6 Å². The average molecular weight is 322 g/mol. The van der Waals surface area contributed by atoms with E-state index in [-0.39, 0.29) is 0 Å². The number of nitrogens with one attached hydrogen (secondary N) is 1. The second kappa shape index (κ2) is 5.77. The molecule has 0 saturated carbocycles. The van der Waals surface area contributed by atoms with E-state index in [1.54, 1.807) is 22.2 Å². The van der Waals surface area contributed by atoms with Crippen LogP contribution in [0.25, 0.3) is 21.6 Å². The molecule has 0 amide bonds. The molecule has 0 atom stereocenters. The van der Waals surface area contributed by atoms with Gasteiger partial charge in [-0.2, -0.15) is 5.10 Å². The first-order valence-electron chi connectivity index (χ1n) is 7.17. The van der Waals surface area contributed by atoms with E-state index in [4.69, 9.17) is 0 Å². The summed E-state index contributed by atoms with van der Waals surface area (Å²) in [5.41, 5.74) is 1.94. The van der Waals surface area contributed by atoms with Gasteiger partial charge in [-0.3, -0.25) is 0 Å². The van der Waals surface area contributed by atoms with Gasteiger partial charge in [0.1, 0.15) is 12.0 Å². The monoisotopic (exact) mass is 322 g/mol. The van der Waals surface area contributed by atoms with Crippen molar-refractivity contribution in [1.82, 2.24) is 24.7 Å². The van der Waals surface area contributed by atoms with Gasteiger partial charge in [-0.15, -0.1) is 11.3 Å². The van der Waals surface area contributed by atoms with E-state index in [1.807, 2.05) is 13.1 Å². The number of hydrogen-bond acceptors (Lipinski definition) is 6. The highest BCUT2D eigenvalue weighted by atomic mass is 32.1. The fraction of sp³-hybridized carbons (Fsp3) is 0.125. The predicted molar refractivity (Wildman–Crippen MR) is 91.2 cm³/mol. The summed E-state index contributed by atoms with van der Waals surface area (Å²) in [4.78, 5) is 13.0. The summed E-state index contributed by atoms with van der Waals surface area (Å²) < 4.78 is 2.99. The fourth-order valence-electron chi connectivity index (χ4n) is 2.40. The quantitative estimate of drug-likeness (QED) is 0.625. The maximum atomic E-state index is 4.50. The molecule has 23 heavy (non-hydrogen) atoms. The second-order valence-electron chi connectivity index (χ2n) is 5.12. The third-order valence-electron chi connectivity index (χ3n) is 3.56. The van der Waals surface area contributed by atoms with Crippen LogP contribution in [-0.4, -0.2) is 24.7 Å². The van der Waals surface area contributed by atoms with Crippen LogP contribution in [0.4, 0.5) is 5.95 Å². The molecule has 0 aliphatic carbocycles. The van der Waals surface area contributed by atoms with E-state index in [1.165, 1.54) is 22.0 Å². The normalized spacial score (nSPS) is 11.0. The predicted octanol–water partition coefficient (Wildman–Crippen LogP) is 3.10. The maximum absolute atomic E-state index is 4.50. The molecule has 0 aliphatic rings. The molecule has 6 nitrogen and oxygen atoms in total. The lowest BCUT2D eigenvalue weighted by molar-refractivity contribution is 0.771. The lowest BCUT2D eigenvalue weighted by atomic mass is 10.2. The number of anilines is 1. The fourth-order valence-corrected chi connectivity index (χ4v) is 3.17. The molecule has 1 aromatic carbocycles. The lowest BCUT2D eigenvalue weighted by Crippen LogP contribution is -2.05. The summed E-state index contributed by atoms with van der Waals surface area (Å²) in [7, 11) is 1.84. The zero-order valence-electron chi connectivity index (χ0n) is 12.5. The Morgan fingerprint density at radius 3 is 3.00 bits per heavy atom. The topological polar surface area (TPSA) is 68.5 Å². The van der Waals surface area contributed by atoms with Crippen molar-refractivity contribution in [3.05, 3.63) is 53.8 Å². The Labute approximate surface area is 136 Å². The van der Waals surface area contributed by atoms with Crippen molar-refractivity contribution in [2.45, 2.75) is 6.54 Å². The highest BCUT2D eigenvalue weighted by Gasteiger charge is 2.07. The molecule has 114 valence electrons. The first-order chi connectivity index (χ1) is 11.3. The molecule has 0 radical (unpaired) electrons. The molecule has 0 saturated heterocycles. The van der Waals surface area contributed by atoms with E-state index < -0.39 is 0 Å². The third-order valence-corrected chi connectivity index (χ3v) is 4.46. The lowest BCUT2D eigenvalue weighted by Gasteiger charge is -2.06. The number of benzene rings is 1. The van der Waals surface area contributed by atoms with Crippen LogP contribution in [0, 0.1) is 0 Å². The second-order valence-corrected chi connectivity index (χ2v) is 6.07. The molecule has 7 heteroatoms. The van der Waals surface area contributed by atoms with Gasteiger partial charge in [-0.25, -0.2) is 19.6 Å². The van der Waals surface area contributed by atoms with Gasteiger partial charge in [-0.1, -0.05) is 6.07 Å². The highest BCUT2D eigenvalue weighted by molar-refractivity contribution is 7.17. The zero-order chi connectivity index (χ0) is 15.6. The van der Waals surface area contributed by atoms with Crippen molar-refractivity contribution in [2.75, 3.05) is 5.32 Å². The Morgan fingerprint density at radius 2 is 2.13 bits per heavy atom. The van der Waals surface area contributed by atoms with Crippen LogP contribution in [0.5, 0.6) is 0 Å². The molecule has 3 aromatic heterocycles. The van der Waals surface area contributed by atoms with Crippen LogP contribution in [0.2, 0.25) is 0 Å². The number of thiophene rings is 1. The number of rotatable bonds is 4. The van der Waals surface area contributed by atoms with Crippen molar-refractivity contribution in [3.8, 4) is 11.5 Å². The van der Waals surface area contributed by atoms with E-state index in [0.29, 0.717) is 12.5 Å². The summed E-state index contributed by atoms with van der Waals surface area (Å²) in [5.74, 6) is 1.30. The Morgan fingerprint density at radius 1 is 1.17 bits per heavy atom. The molecular formula is C16H14N6S. The molecule has 4 aromatic rings. The summed E-state index contributed by atoms with van der Waals surface area (Å²) in [5, 5.41) is 10.7. The number of aromatic nitrogens is 5. The minimum absolute atomic E-state index is 0.580. The van der Waals surface area contributed by atoms with Crippen LogP contribution in [0.15, 0.2) is 48.2 Å². The minimum atomic E-state index is 0.580. The highest BCUT2D eigenvalue weighted by Crippen LogP contribution is 2.22. The van der Waals surface area contributed by atoms with Crippen molar-refractivity contribution in [1.29, 1.82) is 0 Å². The standard InChI is InChI=1S/C16H14N6S/c1-22-15(19-10-20-22)13-4-6-17-16(21-13)18-9-11-2-3-14-12(8-11)5-7-23-14/h2-8,10H,9H2,1H3,(H,17,18,21). The van der Waals surface area contributed by atoms with Gasteiger partial charge in [0, 0.05) is 24.5 Å². The Hall–Kier alpha value is -2.80. The van der Waals surface area contributed by atoms with E-state index in [9.17, 15) is 0 Å². The number of nitrogens with zero attached hydrogens (tertiary/aromatic N) is 5. The van der Waals surface area contributed by atoms with Crippen molar-refractivity contribution in [2.24, 2.45) is 7.05 Å².